The number of fused-ring (bicyclic) bond motifs is 1. The summed E-state index contributed by atoms with van der Waals surface area (Å²) in [5, 5.41) is 16.3. The highest BCUT2D eigenvalue weighted by molar-refractivity contribution is 7.80. The van der Waals surface area contributed by atoms with Crippen molar-refractivity contribution in [1.29, 1.82) is 0 Å². The minimum absolute atomic E-state index is 0. The van der Waals surface area contributed by atoms with Crippen molar-refractivity contribution in [2.75, 3.05) is 4.90 Å². The van der Waals surface area contributed by atoms with Crippen LogP contribution in [0.4, 0.5) is 5.69 Å². The summed E-state index contributed by atoms with van der Waals surface area (Å²) in [7, 11) is 0. The van der Waals surface area contributed by atoms with E-state index in [2.05, 4.69) is 15.6 Å². The molecule has 1 amide bonds. The van der Waals surface area contributed by atoms with Crippen LogP contribution in [-0.2, 0) is 9.59 Å². The highest BCUT2D eigenvalue weighted by atomic mass is 35.6. The summed E-state index contributed by atoms with van der Waals surface area (Å²) in [5.41, 5.74) is 1.80. The predicted molar refractivity (Wildman–Crippen MR) is 164 cm³/mol. The third-order valence-electron chi connectivity index (χ3n) is 5.36. The highest BCUT2D eigenvalue weighted by Gasteiger charge is 2.38. The Balaban J connectivity index is 0.00000507. The van der Waals surface area contributed by atoms with Gasteiger partial charge >= 0.3 is 5.97 Å². The number of pyridine rings is 1. The molecule has 0 saturated carbocycles. The molecule has 202 valence electrons. The maximum Gasteiger partial charge on any atom is 0.327 e. The van der Waals surface area contributed by atoms with Crippen LogP contribution in [0.25, 0.3) is 17.0 Å². The molecule has 38 heavy (non-hydrogen) atoms. The van der Waals surface area contributed by atoms with Crippen molar-refractivity contribution < 1.29 is 14.7 Å². The fraction of sp³-hybridized carbons (Fsp3) is 0.231. The van der Waals surface area contributed by atoms with Gasteiger partial charge in [0.05, 0.1) is 11.2 Å². The first-order valence-electron chi connectivity index (χ1n) is 11.3. The maximum absolute atomic E-state index is 12.6. The first-order valence-corrected chi connectivity index (χ1v) is 12.8. The molecular formula is C26H27Cl3N4O3S2. The van der Waals surface area contributed by atoms with E-state index in [0.29, 0.717) is 11.2 Å². The quantitative estimate of drug-likeness (QED) is 0.131. The average Bonchev–Trinajstić information content (AvgIpc) is 2.84. The third-order valence-corrected chi connectivity index (χ3v) is 6.33. The second-order valence-electron chi connectivity index (χ2n) is 8.43. The van der Waals surface area contributed by atoms with Gasteiger partial charge in [0.1, 0.15) is 12.2 Å². The lowest BCUT2D eigenvalue weighted by atomic mass is 10.0. The number of rotatable bonds is 8. The van der Waals surface area contributed by atoms with Gasteiger partial charge in [0.2, 0.25) is 9.70 Å². The van der Waals surface area contributed by atoms with Gasteiger partial charge in [-0.2, -0.15) is 13.5 Å². The Hall–Kier alpha value is -2.56. The number of amides is 1. The number of alkyl halides is 3. The minimum Gasteiger partial charge on any atom is -0.480 e. The summed E-state index contributed by atoms with van der Waals surface area (Å²) in [4.78, 5) is 30.9. The smallest absolute Gasteiger partial charge is 0.327 e. The Morgan fingerprint density at radius 1 is 1.03 bits per heavy atom. The molecule has 0 fully saturated rings. The number of nitrogens with one attached hydrogen (secondary N) is 2. The van der Waals surface area contributed by atoms with Crippen LogP contribution in [0.5, 0.6) is 0 Å². The molecule has 1 unspecified atom stereocenters. The lowest BCUT2D eigenvalue weighted by Gasteiger charge is -2.37. The molecule has 2 atom stereocenters. The molecule has 7 nitrogen and oxygen atoms in total. The van der Waals surface area contributed by atoms with Gasteiger partial charge in [0, 0.05) is 17.7 Å². The largest absolute Gasteiger partial charge is 0.480 e. The summed E-state index contributed by atoms with van der Waals surface area (Å²) in [6, 6.07) is 17.1. The standard InChI is InChI=1S/C26H25Cl3N4O3S.H2S/c1-16(2)22(23(35)36)33(19-12-6-10-18-11-7-15-30-21(18)19)25(37)32-24(26(27,28)29)31-20(34)14-13-17-8-4-3-5-9-17;/h3-16,22,24H,1-2H3,(H,31,34)(H,32,37)(H,35,36);1H2/b14-13+;/t22-,24?;/m0./s1. The zero-order chi connectivity index (χ0) is 27.2. The van der Waals surface area contributed by atoms with Crippen molar-refractivity contribution in [3.05, 3.63) is 78.5 Å². The van der Waals surface area contributed by atoms with Crippen molar-refractivity contribution in [2.24, 2.45) is 5.92 Å². The van der Waals surface area contributed by atoms with Gasteiger partial charge in [-0.3, -0.25) is 9.78 Å². The number of carboxylic acid groups (broad SMARTS) is 1. The predicted octanol–water partition coefficient (Wildman–Crippen LogP) is 5.66. The number of carbonyl (C=O) groups excluding carboxylic acids is 1. The molecule has 0 aliphatic carbocycles. The number of nitrogens with zero attached hydrogens (tertiary/aromatic N) is 2. The number of thiocarbonyl (C=S) groups is 1. The summed E-state index contributed by atoms with van der Waals surface area (Å²) >= 11 is 24.2. The van der Waals surface area contributed by atoms with Crippen molar-refractivity contribution >= 4 is 100 Å². The Kier molecular flexibility index (Phi) is 11.7. The van der Waals surface area contributed by atoms with E-state index in [4.69, 9.17) is 47.0 Å². The first kappa shape index (κ1) is 31.7. The zero-order valence-electron chi connectivity index (χ0n) is 20.4. The number of aromatic nitrogens is 1. The van der Waals surface area contributed by atoms with Crippen LogP contribution >= 0.6 is 60.5 Å². The first-order chi connectivity index (χ1) is 17.5. The number of para-hydroxylation sites is 1. The minimum atomic E-state index is -2.03. The molecular weight excluding hydrogens is 587 g/mol. The Morgan fingerprint density at radius 2 is 1.68 bits per heavy atom. The van der Waals surface area contributed by atoms with Crippen molar-refractivity contribution in [3.63, 3.8) is 0 Å². The third kappa shape index (κ3) is 8.22. The van der Waals surface area contributed by atoms with Crippen LogP contribution in [0.3, 0.4) is 0 Å². The van der Waals surface area contributed by atoms with E-state index in [1.165, 1.54) is 11.0 Å². The molecule has 0 radical (unpaired) electrons. The van der Waals surface area contributed by atoms with Crippen LogP contribution in [0.15, 0.2) is 72.9 Å². The van der Waals surface area contributed by atoms with E-state index < -0.39 is 27.9 Å². The van der Waals surface area contributed by atoms with E-state index in [-0.39, 0.29) is 24.5 Å². The summed E-state index contributed by atoms with van der Waals surface area (Å²) in [6.07, 6.45) is 3.22. The van der Waals surface area contributed by atoms with Crippen molar-refractivity contribution in [1.82, 2.24) is 15.6 Å². The second kappa shape index (κ2) is 14.0. The molecule has 1 heterocycles. The fourth-order valence-electron chi connectivity index (χ4n) is 3.68. The number of benzene rings is 2. The number of hydrogen-bond donors (Lipinski definition) is 3. The molecule has 12 heteroatoms. The summed E-state index contributed by atoms with van der Waals surface area (Å²) in [6.45, 7) is 3.52. The lowest BCUT2D eigenvalue weighted by molar-refractivity contribution is -0.139. The lowest BCUT2D eigenvalue weighted by Crippen LogP contribution is -2.60. The number of aliphatic carboxylic acids is 1. The van der Waals surface area contributed by atoms with Gasteiger partial charge in [0.15, 0.2) is 5.11 Å². The number of anilines is 1. The van der Waals surface area contributed by atoms with Gasteiger partial charge in [-0.15, -0.1) is 0 Å². The molecule has 0 aliphatic rings. The van der Waals surface area contributed by atoms with Crippen LogP contribution in [0.1, 0.15) is 19.4 Å². The van der Waals surface area contributed by atoms with Crippen LogP contribution in [0.2, 0.25) is 0 Å². The second-order valence-corrected chi connectivity index (χ2v) is 11.2. The SMILES string of the molecule is CC(C)[C@@H](C(=O)O)N(C(=S)NC(NC(=O)/C=C/c1ccccc1)C(Cl)(Cl)Cl)c1cccc2cccnc12.S. The molecule has 0 aliphatic heterocycles. The zero-order valence-corrected chi connectivity index (χ0v) is 24.5. The van der Waals surface area contributed by atoms with E-state index >= 15 is 0 Å². The van der Waals surface area contributed by atoms with Gasteiger partial charge in [-0.25, -0.2) is 4.79 Å². The molecule has 1 aromatic heterocycles. The van der Waals surface area contributed by atoms with E-state index in [1.54, 1.807) is 44.3 Å². The highest BCUT2D eigenvalue weighted by Crippen LogP contribution is 2.32. The van der Waals surface area contributed by atoms with E-state index in [9.17, 15) is 14.7 Å². The maximum atomic E-state index is 12.6. The average molecular weight is 614 g/mol. The normalized spacial score (nSPS) is 13.0. The van der Waals surface area contributed by atoms with Gasteiger partial charge in [0.25, 0.3) is 0 Å². The monoisotopic (exact) mass is 612 g/mol. The number of carboxylic acids is 1. The molecule has 0 bridgehead atoms. The summed E-state index contributed by atoms with van der Waals surface area (Å²) < 4.78 is -2.03. The molecule has 0 saturated heterocycles. The fourth-order valence-corrected chi connectivity index (χ4v) is 4.34. The van der Waals surface area contributed by atoms with Crippen LogP contribution in [0, 0.1) is 5.92 Å². The van der Waals surface area contributed by atoms with Crippen molar-refractivity contribution in [2.45, 2.75) is 29.8 Å². The topological polar surface area (TPSA) is 94.6 Å². The number of carbonyl (C=O) groups is 2. The van der Waals surface area contributed by atoms with Gasteiger partial charge in [-0.1, -0.05) is 97.2 Å². The Morgan fingerprint density at radius 3 is 2.29 bits per heavy atom. The molecule has 3 aromatic rings. The summed E-state index contributed by atoms with van der Waals surface area (Å²) in [5.74, 6) is -2.02. The molecule has 2 aromatic carbocycles. The Labute approximate surface area is 248 Å². The van der Waals surface area contributed by atoms with Gasteiger partial charge in [-0.05, 0) is 41.9 Å². The van der Waals surface area contributed by atoms with E-state index in [1.807, 2.05) is 42.5 Å². The number of halogens is 3. The van der Waals surface area contributed by atoms with Crippen molar-refractivity contribution in [3.8, 4) is 0 Å². The van der Waals surface area contributed by atoms with Crippen LogP contribution in [-0.4, -0.2) is 43.1 Å². The van der Waals surface area contributed by atoms with E-state index in [0.717, 1.165) is 10.9 Å². The Bertz CT molecular complexity index is 1300. The molecule has 3 N–H and O–H groups in total. The molecule has 0 spiro atoms. The van der Waals surface area contributed by atoms with Crippen LogP contribution < -0.4 is 15.5 Å². The molecule has 3 rings (SSSR count). The van der Waals surface area contributed by atoms with Gasteiger partial charge < -0.3 is 20.6 Å². The number of hydrogen-bond acceptors (Lipinski definition) is 4.